The molecule has 8 nitrogen and oxygen atoms in total. The molecule has 0 aliphatic carbocycles. The van der Waals surface area contributed by atoms with E-state index in [1.54, 1.807) is 11.6 Å². The fraction of sp³-hybridized carbons (Fsp3) is 0.438. The molecule has 0 saturated carbocycles. The lowest BCUT2D eigenvalue weighted by atomic mass is 10.1. The highest BCUT2D eigenvalue weighted by Gasteiger charge is 2.24. The number of carbonyl (C=O) groups excluding carboxylic acids is 1. The van der Waals surface area contributed by atoms with Crippen molar-refractivity contribution in [2.24, 2.45) is 5.73 Å². The van der Waals surface area contributed by atoms with E-state index in [9.17, 15) is 4.79 Å². The van der Waals surface area contributed by atoms with Crippen molar-refractivity contribution in [1.29, 1.82) is 0 Å². The zero-order valence-corrected chi connectivity index (χ0v) is 14.0. The lowest BCUT2D eigenvalue weighted by Gasteiger charge is -2.23. The van der Waals surface area contributed by atoms with Crippen LogP contribution >= 0.6 is 0 Å². The van der Waals surface area contributed by atoms with E-state index in [4.69, 9.17) is 15.2 Å². The number of amides is 1. The molecule has 0 radical (unpaired) electrons. The summed E-state index contributed by atoms with van der Waals surface area (Å²) in [5, 5.41) is 11.0. The molecule has 0 atom stereocenters. The van der Waals surface area contributed by atoms with Crippen LogP contribution in [-0.4, -0.2) is 46.2 Å². The molecule has 1 amide bonds. The minimum absolute atomic E-state index is 0.270. The molecule has 0 saturated heterocycles. The van der Waals surface area contributed by atoms with Gasteiger partial charge >= 0.3 is 0 Å². The first-order chi connectivity index (χ1) is 11.4. The number of aromatic nitrogens is 3. The molecule has 1 aliphatic rings. The number of fused-ring (bicyclic) bond motifs is 1. The number of hydrogen-bond donors (Lipinski definition) is 2. The molecule has 0 bridgehead atoms. The quantitative estimate of drug-likeness (QED) is 0.859. The SMILES string of the molecule is Cc1c(C(=O)NC(C)(C)CN)nnn1-c1ccc2c(c1)OCCO2. The summed E-state index contributed by atoms with van der Waals surface area (Å²) >= 11 is 0. The fourth-order valence-electron chi connectivity index (χ4n) is 2.37. The van der Waals surface area contributed by atoms with E-state index in [2.05, 4.69) is 15.6 Å². The summed E-state index contributed by atoms with van der Waals surface area (Å²) in [5.41, 5.74) is 6.80. The zero-order valence-electron chi connectivity index (χ0n) is 14.0. The molecule has 2 heterocycles. The van der Waals surface area contributed by atoms with E-state index in [-0.39, 0.29) is 11.6 Å². The zero-order chi connectivity index (χ0) is 17.3. The van der Waals surface area contributed by atoms with Gasteiger partial charge in [0.1, 0.15) is 13.2 Å². The first-order valence-electron chi connectivity index (χ1n) is 7.76. The monoisotopic (exact) mass is 331 g/mol. The first kappa shape index (κ1) is 16.3. The van der Waals surface area contributed by atoms with Gasteiger partial charge in [0.25, 0.3) is 5.91 Å². The van der Waals surface area contributed by atoms with Crippen molar-refractivity contribution in [2.45, 2.75) is 26.3 Å². The van der Waals surface area contributed by atoms with Crippen LogP contribution in [0.4, 0.5) is 0 Å². The van der Waals surface area contributed by atoms with E-state index in [0.717, 1.165) is 5.69 Å². The Kier molecular flexibility index (Phi) is 4.15. The Morgan fingerprint density at radius 3 is 2.75 bits per heavy atom. The van der Waals surface area contributed by atoms with Crippen molar-refractivity contribution in [3.8, 4) is 17.2 Å². The van der Waals surface area contributed by atoms with E-state index >= 15 is 0 Å². The van der Waals surface area contributed by atoms with Gasteiger partial charge in [-0.15, -0.1) is 5.10 Å². The average molecular weight is 331 g/mol. The Balaban J connectivity index is 1.89. The van der Waals surface area contributed by atoms with Crippen molar-refractivity contribution >= 4 is 5.91 Å². The molecule has 1 aromatic heterocycles. The predicted octanol–water partition coefficient (Wildman–Crippen LogP) is 0.814. The number of ether oxygens (including phenoxy) is 2. The van der Waals surface area contributed by atoms with Gasteiger partial charge in [0, 0.05) is 18.2 Å². The summed E-state index contributed by atoms with van der Waals surface area (Å²) in [7, 11) is 0. The minimum atomic E-state index is -0.510. The molecule has 2 aromatic rings. The Bertz CT molecular complexity index is 769. The van der Waals surface area contributed by atoms with Crippen molar-refractivity contribution in [1.82, 2.24) is 20.3 Å². The Morgan fingerprint density at radius 2 is 2.04 bits per heavy atom. The van der Waals surface area contributed by atoms with E-state index in [1.165, 1.54) is 0 Å². The topological polar surface area (TPSA) is 104 Å². The molecule has 1 aromatic carbocycles. The van der Waals surface area contributed by atoms with Crippen LogP contribution in [-0.2, 0) is 0 Å². The second-order valence-corrected chi connectivity index (χ2v) is 6.31. The first-order valence-corrected chi connectivity index (χ1v) is 7.76. The number of nitrogens with zero attached hydrogens (tertiary/aromatic N) is 3. The van der Waals surface area contributed by atoms with Crippen LogP contribution in [0.3, 0.4) is 0 Å². The summed E-state index contributed by atoms with van der Waals surface area (Å²) in [6, 6.07) is 5.49. The summed E-state index contributed by atoms with van der Waals surface area (Å²) in [5.74, 6) is 1.06. The van der Waals surface area contributed by atoms with Gasteiger partial charge in [-0.05, 0) is 32.9 Å². The van der Waals surface area contributed by atoms with Gasteiger partial charge in [-0.3, -0.25) is 4.79 Å². The second-order valence-electron chi connectivity index (χ2n) is 6.31. The summed E-state index contributed by atoms with van der Waals surface area (Å²) in [6.45, 7) is 6.87. The highest BCUT2D eigenvalue weighted by Crippen LogP contribution is 2.32. The second kappa shape index (κ2) is 6.12. The van der Waals surface area contributed by atoms with Crippen LogP contribution in [0, 0.1) is 6.92 Å². The summed E-state index contributed by atoms with van der Waals surface area (Å²) < 4.78 is 12.7. The van der Waals surface area contributed by atoms with Gasteiger partial charge in [0.05, 0.1) is 11.4 Å². The predicted molar refractivity (Wildman–Crippen MR) is 87.7 cm³/mol. The maximum absolute atomic E-state index is 12.4. The molecule has 8 heteroatoms. The van der Waals surface area contributed by atoms with Crippen LogP contribution < -0.4 is 20.5 Å². The molecule has 3 N–H and O–H groups in total. The molecule has 0 unspecified atom stereocenters. The van der Waals surface area contributed by atoms with Gasteiger partial charge in [-0.2, -0.15) is 0 Å². The van der Waals surface area contributed by atoms with Crippen LogP contribution in [0.5, 0.6) is 11.5 Å². The molecule has 24 heavy (non-hydrogen) atoms. The molecular formula is C16H21N5O3. The summed E-state index contributed by atoms with van der Waals surface area (Å²) in [6.07, 6.45) is 0. The van der Waals surface area contributed by atoms with Gasteiger partial charge in [-0.25, -0.2) is 4.68 Å². The van der Waals surface area contributed by atoms with Gasteiger partial charge in [-0.1, -0.05) is 5.21 Å². The Labute approximate surface area is 139 Å². The number of rotatable bonds is 4. The average Bonchev–Trinajstić information content (AvgIpc) is 2.95. The van der Waals surface area contributed by atoms with Crippen LogP contribution in [0.2, 0.25) is 0 Å². The molecule has 3 rings (SSSR count). The standard InChI is InChI=1S/C16H21N5O3/c1-10-14(15(22)18-16(2,3)9-17)19-20-21(10)11-4-5-12-13(8-11)24-7-6-23-12/h4-5,8H,6-7,9,17H2,1-3H3,(H,18,22). The molecule has 1 aliphatic heterocycles. The highest BCUT2D eigenvalue weighted by molar-refractivity contribution is 5.93. The summed E-state index contributed by atoms with van der Waals surface area (Å²) in [4.78, 5) is 12.4. The highest BCUT2D eigenvalue weighted by atomic mass is 16.6. The van der Waals surface area contributed by atoms with Gasteiger partial charge in [0.15, 0.2) is 17.2 Å². The largest absolute Gasteiger partial charge is 0.486 e. The number of carbonyl (C=O) groups is 1. The van der Waals surface area contributed by atoms with Crippen molar-refractivity contribution < 1.29 is 14.3 Å². The lowest BCUT2D eigenvalue weighted by molar-refractivity contribution is 0.0910. The molecule has 0 fully saturated rings. The molecule has 0 spiro atoms. The number of benzene rings is 1. The molecular weight excluding hydrogens is 310 g/mol. The van der Waals surface area contributed by atoms with Crippen LogP contribution in [0.25, 0.3) is 5.69 Å². The normalized spacial score (nSPS) is 13.7. The van der Waals surface area contributed by atoms with Crippen molar-refractivity contribution in [3.05, 3.63) is 29.6 Å². The number of nitrogens with two attached hydrogens (primary N) is 1. The van der Waals surface area contributed by atoms with E-state index in [1.807, 2.05) is 32.0 Å². The lowest BCUT2D eigenvalue weighted by Crippen LogP contribution is -2.49. The van der Waals surface area contributed by atoms with Crippen LogP contribution in [0.1, 0.15) is 30.0 Å². The number of hydrogen-bond acceptors (Lipinski definition) is 6. The third kappa shape index (κ3) is 3.05. The van der Waals surface area contributed by atoms with Gasteiger partial charge in [0.2, 0.25) is 0 Å². The van der Waals surface area contributed by atoms with E-state index < -0.39 is 5.54 Å². The van der Waals surface area contributed by atoms with Gasteiger partial charge < -0.3 is 20.5 Å². The fourth-order valence-corrected chi connectivity index (χ4v) is 2.37. The van der Waals surface area contributed by atoms with Crippen LogP contribution in [0.15, 0.2) is 18.2 Å². The number of nitrogens with one attached hydrogen (secondary N) is 1. The van der Waals surface area contributed by atoms with Crippen molar-refractivity contribution in [2.75, 3.05) is 19.8 Å². The third-order valence-electron chi connectivity index (χ3n) is 3.84. The maximum Gasteiger partial charge on any atom is 0.274 e. The van der Waals surface area contributed by atoms with E-state index in [0.29, 0.717) is 37.0 Å². The maximum atomic E-state index is 12.4. The third-order valence-corrected chi connectivity index (χ3v) is 3.84. The molecule has 128 valence electrons. The Morgan fingerprint density at radius 1 is 1.33 bits per heavy atom. The van der Waals surface area contributed by atoms with Crippen molar-refractivity contribution in [3.63, 3.8) is 0 Å². The Hall–Kier alpha value is -2.61. The minimum Gasteiger partial charge on any atom is -0.486 e. The smallest absolute Gasteiger partial charge is 0.274 e.